The lowest BCUT2D eigenvalue weighted by Gasteiger charge is -2.30. The van der Waals surface area contributed by atoms with Gasteiger partial charge in [-0.05, 0) is 63.3 Å². The molecule has 1 aromatic rings. The predicted octanol–water partition coefficient (Wildman–Crippen LogP) is 3.49. The van der Waals surface area contributed by atoms with Gasteiger partial charge in [-0.25, -0.2) is 0 Å². The van der Waals surface area contributed by atoms with E-state index in [1.807, 2.05) is 12.1 Å². The summed E-state index contributed by atoms with van der Waals surface area (Å²) in [7, 11) is 0. The van der Waals surface area contributed by atoms with E-state index < -0.39 is 0 Å². The van der Waals surface area contributed by atoms with E-state index in [2.05, 4.69) is 37.8 Å². The van der Waals surface area contributed by atoms with Gasteiger partial charge in [-0.1, -0.05) is 0 Å². The summed E-state index contributed by atoms with van der Waals surface area (Å²) >= 11 is 0. The molecule has 0 aliphatic heterocycles. The van der Waals surface area contributed by atoms with E-state index in [1.54, 1.807) is 0 Å². The third-order valence-electron chi connectivity index (χ3n) is 3.41. The van der Waals surface area contributed by atoms with Crippen molar-refractivity contribution >= 4 is 5.69 Å². The Hall–Kier alpha value is -1.49. The highest BCUT2D eigenvalue weighted by molar-refractivity contribution is 5.56. The molecule has 0 N–H and O–H groups in total. The maximum atomic E-state index is 8.89. The van der Waals surface area contributed by atoms with Gasteiger partial charge in [0.25, 0.3) is 0 Å². The number of anilines is 1. The van der Waals surface area contributed by atoms with Crippen LogP contribution in [0.15, 0.2) is 18.2 Å². The SMILES string of the molecule is Cc1cc(C#N)ccc1N(CC1CC1)C(C)C. The van der Waals surface area contributed by atoms with Crippen molar-refractivity contribution in [3.8, 4) is 6.07 Å². The van der Waals surface area contributed by atoms with Crippen molar-refractivity contribution < 1.29 is 0 Å². The van der Waals surface area contributed by atoms with Gasteiger partial charge in [-0.15, -0.1) is 0 Å². The second-order valence-corrected chi connectivity index (χ2v) is 5.30. The molecule has 0 atom stereocenters. The zero-order chi connectivity index (χ0) is 12.4. The topological polar surface area (TPSA) is 27.0 Å². The van der Waals surface area contributed by atoms with Gasteiger partial charge < -0.3 is 4.90 Å². The lowest BCUT2D eigenvalue weighted by molar-refractivity contribution is 0.643. The summed E-state index contributed by atoms with van der Waals surface area (Å²) in [6.45, 7) is 7.73. The molecule has 2 heteroatoms. The van der Waals surface area contributed by atoms with Crippen molar-refractivity contribution in [3.05, 3.63) is 29.3 Å². The predicted molar refractivity (Wildman–Crippen MR) is 71.1 cm³/mol. The molecule has 0 spiro atoms. The maximum Gasteiger partial charge on any atom is 0.0991 e. The first kappa shape index (κ1) is 12.0. The molecule has 90 valence electrons. The number of hydrogen-bond acceptors (Lipinski definition) is 2. The smallest absolute Gasteiger partial charge is 0.0991 e. The lowest BCUT2D eigenvalue weighted by atomic mass is 10.1. The number of rotatable bonds is 4. The van der Waals surface area contributed by atoms with Gasteiger partial charge in [0.15, 0.2) is 0 Å². The number of nitriles is 1. The van der Waals surface area contributed by atoms with Crippen LogP contribution in [0, 0.1) is 24.2 Å². The maximum absolute atomic E-state index is 8.89. The molecule has 0 aromatic heterocycles. The Labute approximate surface area is 104 Å². The minimum absolute atomic E-state index is 0.516. The Morgan fingerprint density at radius 3 is 2.59 bits per heavy atom. The van der Waals surface area contributed by atoms with E-state index in [4.69, 9.17) is 5.26 Å². The number of benzene rings is 1. The van der Waals surface area contributed by atoms with Crippen LogP contribution in [0.2, 0.25) is 0 Å². The molecule has 0 heterocycles. The van der Waals surface area contributed by atoms with Crippen LogP contribution in [-0.2, 0) is 0 Å². The molecule has 1 aliphatic carbocycles. The largest absolute Gasteiger partial charge is 0.369 e. The number of hydrogen-bond donors (Lipinski definition) is 0. The van der Waals surface area contributed by atoms with Crippen molar-refractivity contribution in [1.29, 1.82) is 5.26 Å². The molecule has 17 heavy (non-hydrogen) atoms. The summed E-state index contributed by atoms with van der Waals surface area (Å²) in [4.78, 5) is 2.47. The van der Waals surface area contributed by atoms with E-state index in [0.717, 1.165) is 18.0 Å². The molecule has 0 bridgehead atoms. The van der Waals surface area contributed by atoms with Crippen LogP contribution in [-0.4, -0.2) is 12.6 Å². The zero-order valence-corrected chi connectivity index (χ0v) is 10.9. The Bertz CT molecular complexity index is 439. The molecule has 2 rings (SSSR count). The third kappa shape index (κ3) is 2.79. The normalized spacial score (nSPS) is 14.8. The molecule has 0 radical (unpaired) electrons. The summed E-state index contributed by atoms with van der Waals surface area (Å²) in [6, 6.07) is 8.71. The molecule has 2 nitrogen and oxygen atoms in total. The van der Waals surface area contributed by atoms with E-state index in [-0.39, 0.29) is 0 Å². The van der Waals surface area contributed by atoms with E-state index in [0.29, 0.717) is 6.04 Å². The Kier molecular flexibility index (Phi) is 3.38. The molecule has 0 unspecified atom stereocenters. The van der Waals surface area contributed by atoms with Crippen LogP contribution in [0.1, 0.15) is 37.8 Å². The minimum atomic E-state index is 0.516. The Balaban J connectivity index is 2.25. The third-order valence-corrected chi connectivity index (χ3v) is 3.41. The summed E-state index contributed by atoms with van der Waals surface area (Å²) in [5.41, 5.74) is 3.24. The van der Waals surface area contributed by atoms with Gasteiger partial charge in [0, 0.05) is 18.3 Å². The molecular weight excluding hydrogens is 208 g/mol. The van der Waals surface area contributed by atoms with Gasteiger partial charge in [-0.2, -0.15) is 5.26 Å². The monoisotopic (exact) mass is 228 g/mol. The summed E-state index contributed by atoms with van der Waals surface area (Å²) in [5.74, 6) is 0.882. The fourth-order valence-corrected chi connectivity index (χ4v) is 2.21. The quantitative estimate of drug-likeness (QED) is 0.788. The molecule has 1 fully saturated rings. The summed E-state index contributed by atoms with van der Waals surface area (Å²) < 4.78 is 0. The molecule has 1 aromatic carbocycles. The highest BCUT2D eigenvalue weighted by atomic mass is 15.2. The Morgan fingerprint density at radius 2 is 2.12 bits per heavy atom. The summed E-state index contributed by atoms with van der Waals surface area (Å²) in [5, 5.41) is 8.89. The van der Waals surface area contributed by atoms with Gasteiger partial charge in [0.1, 0.15) is 0 Å². The van der Waals surface area contributed by atoms with Crippen molar-refractivity contribution in [2.75, 3.05) is 11.4 Å². The second-order valence-electron chi connectivity index (χ2n) is 5.30. The average molecular weight is 228 g/mol. The van der Waals surface area contributed by atoms with E-state index >= 15 is 0 Å². The molecular formula is C15H20N2. The highest BCUT2D eigenvalue weighted by Gasteiger charge is 2.26. The second kappa shape index (κ2) is 4.79. The molecule has 1 saturated carbocycles. The van der Waals surface area contributed by atoms with Crippen molar-refractivity contribution in [1.82, 2.24) is 0 Å². The first-order valence-corrected chi connectivity index (χ1v) is 6.39. The van der Waals surface area contributed by atoms with Gasteiger partial charge in [0.05, 0.1) is 11.6 Å². The zero-order valence-electron chi connectivity index (χ0n) is 10.9. The highest BCUT2D eigenvalue weighted by Crippen LogP contribution is 2.33. The fourth-order valence-electron chi connectivity index (χ4n) is 2.21. The van der Waals surface area contributed by atoms with Crippen molar-refractivity contribution in [2.45, 2.75) is 39.7 Å². The van der Waals surface area contributed by atoms with Gasteiger partial charge in [0.2, 0.25) is 0 Å². The van der Waals surface area contributed by atoms with E-state index in [1.165, 1.54) is 24.1 Å². The van der Waals surface area contributed by atoms with Crippen LogP contribution in [0.5, 0.6) is 0 Å². The minimum Gasteiger partial charge on any atom is -0.369 e. The van der Waals surface area contributed by atoms with Crippen molar-refractivity contribution in [2.24, 2.45) is 5.92 Å². The van der Waals surface area contributed by atoms with Crippen LogP contribution >= 0.6 is 0 Å². The van der Waals surface area contributed by atoms with Crippen LogP contribution in [0.4, 0.5) is 5.69 Å². The fraction of sp³-hybridized carbons (Fsp3) is 0.533. The molecule has 0 amide bonds. The first-order valence-electron chi connectivity index (χ1n) is 6.39. The number of aryl methyl sites for hydroxylation is 1. The molecule has 0 saturated heterocycles. The van der Waals surface area contributed by atoms with Crippen LogP contribution in [0.3, 0.4) is 0 Å². The molecule has 1 aliphatic rings. The van der Waals surface area contributed by atoms with Crippen molar-refractivity contribution in [3.63, 3.8) is 0 Å². The van der Waals surface area contributed by atoms with Gasteiger partial charge >= 0.3 is 0 Å². The van der Waals surface area contributed by atoms with Crippen LogP contribution in [0.25, 0.3) is 0 Å². The number of nitrogens with zero attached hydrogens (tertiary/aromatic N) is 2. The lowest BCUT2D eigenvalue weighted by Crippen LogP contribution is -2.33. The average Bonchev–Trinajstić information content (AvgIpc) is 3.10. The van der Waals surface area contributed by atoms with E-state index in [9.17, 15) is 0 Å². The first-order chi connectivity index (χ1) is 8.11. The standard InChI is InChI=1S/C15H20N2/c1-11(2)17(10-13-4-5-13)15-7-6-14(9-16)8-12(15)3/h6-8,11,13H,4-5,10H2,1-3H3. The Morgan fingerprint density at radius 1 is 1.41 bits per heavy atom. The van der Waals surface area contributed by atoms with Gasteiger partial charge in [-0.3, -0.25) is 0 Å². The van der Waals surface area contributed by atoms with Crippen LogP contribution < -0.4 is 4.90 Å². The summed E-state index contributed by atoms with van der Waals surface area (Å²) in [6.07, 6.45) is 2.75.